The van der Waals surface area contributed by atoms with E-state index in [-0.39, 0.29) is 6.04 Å². The fraction of sp³-hybridized carbons (Fsp3) is 0.400. The van der Waals surface area contributed by atoms with Gasteiger partial charge in [0, 0.05) is 22.2 Å². The maximum atomic E-state index is 5.42. The molecule has 1 aromatic heterocycles. The highest BCUT2D eigenvalue weighted by atomic mass is 79.9. The Bertz CT molecular complexity index is 571. The Morgan fingerprint density at radius 2 is 2.10 bits per heavy atom. The van der Waals surface area contributed by atoms with E-state index in [1.807, 2.05) is 23.5 Å². The number of halogens is 1. The fourth-order valence-corrected chi connectivity index (χ4v) is 3.40. The van der Waals surface area contributed by atoms with E-state index in [1.54, 1.807) is 13.3 Å². The van der Waals surface area contributed by atoms with Crippen molar-refractivity contribution in [3.8, 4) is 5.75 Å². The molecule has 21 heavy (non-hydrogen) atoms. The van der Waals surface area contributed by atoms with Gasteiger partial charge < -0.3 is 10.1 Å². The number of thioether (sulfide) groups is 1. The predicted octanol–water partition coefficient (Wildman–Crippen LogP) is 3.63. The average molecular weight is 370 g/mol. The first kappa shape index (κ1) is 16.4. The topological polar surface area (TPSA) is 39.1 Å². The second-order valence-electron chi connectivity index (χ2n) is 4.60. The third-order valence-corrected chi connectivity index (χ3v) is 4.81. The minimum atomic E-state index is 0.200. The van der Waals surface area contributed by atoms with Crippen molar-refractivity contribution in [3.63, 3.8) is 0 Å². The zero-order valence-corrected chi connectivity index (χ0v) is 14.9. The smallest absolute Gasteiger partial charge is 0.161 e. The Balaban J connectivity index is 2.11. The van der Waals surface area contributed by atoms with E-state index in [2.05, 4.69) is 57.5 Å². The minimum Gasteiger partial charge on any atom is -0.493 e. The molecular weight excluding hydrogens is 350 g/mol. The summed E-state index contributed by atoms with van der Waals surface area (Å²) in [5.74, 6) is 1.76. The van der Waals surface area contributed by atoms with Crippen molar-refractivity contribution in [1.29, 1.82) is 0 Å². The van der Waals surface area contributed by atoms with E-state index in [0.717, 1.165) is 28.2 Å². The summed E-state index contributed by atoms with van der Waals surface area (Å²) in [5, 5.41) is 7.80. The van der Waals surface area contributed by atoms with Crippen molar-refractivity contribution in [3.05, 3.63) is 40.6 Å². The van der Waals surface area contributed by atoms with Crippen molar-refractivity contribution in [2.45, 2.75) is 17.9 Å². The van der Waals surface area contributed by atoms with E-state index in [4.69, 9.17) is 4.74 Å². The second-order valence-corrected chi connectivity index (χ2v) is 6.61. The molecule has 1 unspecified atom stereocenters. The van der Waals surface area contributed by atoms with Gasteiger partial charge in [-0.25, -0.2) is 0 Å². The lowest BCUT2D eigenvalue weighted by atomic mass is 10.2. The van der Waals surface area contributed by atoms with Crippen LogP contribution in [-0.2, 0) is 7.05 Å². The monoisotopic (exact) mass is 369 g/mol. The van der Waals surface area contributed by atoms with Crippen molar-refractivity contribution in [2.75, 3.05) is 19.4 Å². The van der Waals surface area contributed by atoms with Crippen LogP contribution in [0.2, 0.25) is 0 Å². The van der Waals surface area contributed by atoms with Crippen molar-refractivity contribution >= 4 is 27.7 Å². The third kappa shape index (κ3) is 4.25. The quantitative estimate of drug-likeness (QED) is 0.756. The summed E-state index contributed by atoms with van der Waals surface area (Å²) >= 11 is 5.28. The lowest BCUT2D eigenvalue weighted by molar-refractivity contribution is 0.399. The van der Waals surface area contributed by atoms with Gasteiger partial charge in [0.05, 0.1) is 25.0 Å². The van der Waals surface area contributed by atoms with E-state index < -0.39 is 0 Å². The summed E-state index contributed by atoms with van der Waals surface area (Å²) in [6, 6.07) is 8.58. The highest BCUT2D eigenvalue weighted by molar-refractivity contribution is 9.10. The van der Waals surface area contributed by atoms with Gasteiger partial charge in [-0.2, -0.15) is 5.10 Å². The maximum Gasteiger partial charge on any atom is 0.161 e. The number of nitrogens with one attached hydrogen (secondary N) is 1. The Morgan fingerprint density at radius 1 is 1.38 bits per heavy atom. The standard InChI is InChI=1S/C15H20BrN3OS/c1-4-17-13(15-14(20-3)9-18-19(15)2)10-21-12-7-5-11(16)6-8-12/h5-9,13,17H,4,10H2,1-3H3. The largest absolute Gasteiger partial charge is 0.493 e. The Hall–Kier alpha value is -0.980. The molecule has 2 rings (SSSR count). The van der Waals surface area contributed by atoms with Crippen molar-refractivity contribution in [1.82, 2.24) is 15.1 Å². The van der Waals surface area contributed by atoms with Gasteiger partial charge in [-0.3, -0.25) is 4.68 Å². The molecule has 0 saturated heterocycles. The Labute approximate surface area is 138 Å². The molecule has 0 aliphatic rings. The average Bonchev–Trinajstić information content (AvgIpc) is 2.86. The predicted molar refractivity (Wildman–Crippen MR) is 91.0 cm³/mol. The molecule has 1 N–H and O–H groups in total. The summed E-state index contributed by atoms with van der Waals surface area (Å²) in [6.07, 6.45) is 1.77. The van der Waals surface area contributed by atoms with Crippen LogP contribution in [0.15, 0.2) is 39.8 Å². The lowest BCUT2D eigenvalue weighted by Gasteiger charge is -2.19. The van der Waals surface area contributed by atoms with Crippen LogP contribution in [0.1, 0.15) is 18.7 Å². The highest BCUT2D eigenvalue weighted by Crippen LogP contribution is 2.30. The van der Waals surface area contributed by atoms with Crippen molar-refractivity contribution in [2.24, 2.45) is 7.05 Å². The molecule has 0 aliphatic carbocycles. The van der Waals surface area contributed by atoms with E-state index in [0.29, 0.717) is 0 Å². The molecule has 4 nitrogen and oxygen atoms in total. The van der Waals surface area contributed by atoms with Crippen LogP contribution >= 0.6 is 27.7 Å². The summed E-state index contributed by atoms with van der Waals surface area (Å²) < 4.78 is 8.41. The molecular formula is C15H20BrN3OS. The molecule has 6 heteroatoms. The number of benzene rings is 1. The van der Waals surface area contributed by atoms with Gasteiger partial charge >= 0.3 is 0 Å². The molecule has 0 amide bonds. The molecule has 1 atom stereocenters. The molecule has 0 spiro atoms. The van der Waals surface area contributed by atoms with Gasteiger partial charge in [0.2, 0.25) is 0 Å². The van der Waals surface area contributed by atoms with Crippen LogP contribution in [0.4, 0.5) is 0 Å². The van der Waals surface area contributed by atoms with Crippen LogP contribution in [-0.4, -0.2) is 29.2 Å². The number of methoxy groups -OCH3 is 1. The third-order valence-electron chi connectivity index (χ3n) is 3.18. The molecule has 0 radical (unpaired) electrons. The van der Waals surface area contributed by atoms with Gasteiger partial charge in [-0.1, -0.05) is 22.9 Å². The van der Waals surface area contributed by atoms with Crippen LogP contribution < -0.4 is 10.1 Å². The van der Waals surface area contributed by atoms with E-state index in [9.17, 15) is 0 Å². The molecule has 2 aromatic rings. The number of rotatable bonds is 7. The molecule has 0 bridgehead atoms. The van der Waals surface area contributed by atoms with E-state index in [1.165, 1.54) is 4.90 Å². The SMILES string of the molecule is CCNC(CSc1ccc(Br)cc1)c1c(OC)cnn1C. The van der Waals surface area contributed by atoms with Gasteiger partial charge in [0.1, 0.15) is 0 Å². The first-order valence-electron chi connectivity index (χ1n) is 6.83. The zero-order valence-electron chi connectivity index (χ0n) is 12.5. The van der Waals surface area contributed by atoms with Crippen molar-refractivity contribution < 1.29 is 4.74 Å². The molecule has 114 valence electrons. The number of aromatic nitrogens is 2. The summed E-state index contributed by atoms with van der Waals surface area (Å²) in [7, 11) is 3.64. The normalized spacial score (nSPS) is 12.4. The number of ether oxygens (including phenoxy) is 1. The Morgan fingerprint density at radius 3 is 2.71 bits per heavy atom. The van der Waals surface area contributed by atoms with Gasteiger partial charge in [0.15, 0.2) is 5.75 Å². The van der Waals surface area contributed by atoms with Gasteiger partial charge in [-0.05, 0) is 30.8 Å². The van der Waals surface area contributed by atoms with Crippen LogP contribution in [0.5, 0.6) is 5.75 Å². The number of aryl methyl sites for hydroxylation is 1. The maximum absolute atomic E-state index is 5.42. The number of hydrogen-bond acceptors (Lipinski definition) is 4. The van der Waals surface area contributed by atoms with Crippen LogP contribution in [0, 0.1) is 0 Å². The molecule has 1 heterocycles. The minimum absolute atomic E-state index is 0.200. The molecule has 0 saturated carbocycles. The van der Waals surface area contributed by atoms with E-state index >= 15 is 0 Å². The zero-order chi connectivity index (χ0) is 15.2. The number of hydrogen-bond donors (Lipinski definition) is 1. The Kier molecular flexibility index (Phi) is 6.14. The van der Waals surface area contributed by atoms with Gasteiger partial charge in [0.25, 0.3) is 0 Å². The lowest BCUT2D eigenvalue weighted by Crippen LogP contribution is -2.25. The molecule has 0 aliphatic heterocycles. The van der Waals surface area contributed by atoms with Crippen LogP contribution in [0.25, 0.3) is 0 Å². The first-order valence-corrected chi connectivity index (χ1v) is 8.61. The molecule has 0 fully saturated rings. The van der Waals surface area contributed by atoms with Gasteiger partial charge in [-0.15, -0.1) is 11.8 Å². The van der Waals surface area contributed by atoms with Crippen LogP contribution in [0.3, 0.4) is 0 Å². The summed E-state index contributed by atoms with van der Waals surface area (Å²) in [5.41, 5.74) is 1.09. The molecule has 1 aromatic carbocycles. The fourth-order valence-electron chi connectivity index (χ4n) is 2.17. The summed E-state index contributed by atoms with van der Waals surface area (Å²) in [4.78, 5) is 1.25. The number of nitrogens with zero attached hydrogens (tertiary/aromatic N) is 2. The first-order chi connectivity index (χ1) is 10.2. The second kappa shape index (κ2) is 7.87. The summed E-state index contributed by atoms with van der Waals surface area (Å²) in [6.45, 7) is 3.01. The highest BCUT2D eigenvalue weighted by Gasteiger charge is 2.20.